The first-order chi connectivity index (χ1) is 13.6. The van der Waals surface area contributed by atoms with Crippen LogP contribution in [0, 0.1) is 0 Å². The Kier molecular flexibility index (Phi) is 6.11. The third kappa shape index (κ3) is 4.40. The van der Waals surface area contributed by atoms with Crippen LogP contribution in [0.2, 0.25) is 0 Å². The molecule has 0 aliphatic heterocycles. The van der Waals surface area contributed by atoms with E-state index in [0.717, 1.165) is 11.1 Å². The number of nitrogens with zero attached hydrogens (tertiary/aromatic N) is 2. The molecule has 3 aromatic rings. The number of ether oxygens (including phenoxy) is 4. The highest BCUT2D eigenvalue weighted by Gasteiger charge is 2.14. The van der Waals surface area contributed by atoms with Crippen molar-refractivity contribution >= 4 is 5.97 Å². The lowest BCUT2D eigenvalue weighted by molar-refractivity contribution is -0.134. The molecule has 2 aromatic carbocycles. The first kappa shape index (κ1) is 19.2. The minimum absolute atomic E-state index is 0.198. The number of carbonyl (C=O) groups excluding carboxylic acids is 1. The zero-order valence-electron chi connectivity index (χ0n) is 15.8. The number of rotatable bonds is 8. The lowest BCUT2D eigenvalue weighted by atomic mass is 10.1. The molecule has 0 saturated carbocycles. The van der Waals surface area contributed by atoms with Crippen molar-refractivity contribution in [1.29, 1.82) is 0 Å². The lowest BCUT2D eigenvalue weighted by Crippen LogP contribution is -2.09. The summed E-state index contributed by atoms with van der Waals surface area (Å²) >= 11 is 0. The Balaban J connectivity index is 1.61. The maximum absolute atomic E-state index is 12.2. The summed E-state index contributed by atoms with van der Waals surface area (Å²) in [5.74, 6) is 2.10. The minimum Gasteiger partial charge on any atom is -0.493 e. The number of esters is 1. The minimum atomic E-state index is -0.348. The van der Waals surface area contributed by atoms with E-state index in [0.29, 0.717) is 35.3 Å². The monoisotopic (exact) mass is 384 g/mol. The molecule has 0 spiro atoms. The van der Waals surface area contributed by atoms with Gasteiger partial charge in [-0.1, -0.05) is 0 Å². The van der Waals surface area contributed by atoms with Crippen molar-refractivity contribution in [2.75, 3.05) is 21.3 Å². The maximum atomic E-state index is 12.2. The van der Waals surface area contributed by atoms with Crippen LogP contribution >= 0.6 is 0 Å². The summed E-state index contributed by atoms with van der Waals surface area (Å²) in [6.07, 6.45) is 1.92. The Bertz CT molecular complexity index is 897. The molecule has 0 aliphatic rings. The first-order valence-electron chi connectivity index (χ1n) is 8.50. The van der Waals surface area contributed by atoms with Gasteiger partial charge in [-0.3, -0.25) is 4.79 Å². The maximum Gasteiger partial charge on any atom is 0.311 e. The highest BCUT2D eigenvalue weighted by Crippen LogP contribution is 2.38. The van der Waals surface area contributed by atoms with Crippen LogP contribution in [0.1, 0.15) is 12.0 Å². The van der Waals surface area contributed by atoms with Gasteiger partial charge in [0.25, 0.3) is 0 Å². The van der Waals surface area contributed by atoms with Gasteiger partial charge in [0.15, 0.2) is 11.5 Å². The van der Waals surface area contributed by atoms with Gasteiger partial charge in [0.05, 0.1) is 21.3 Å². The van der Waals surface area contributed by atoms with E-state index in [4.69, 9.17) is 23.4 Å². The van der Waals surface area contributed by atoms with Gasteiger partial charge in [-0.15, -0.1) is 10.2 Å². The van der Waals surface area contributed by atoms with Gasteiger partial charge >= 0.3 is 5.97 Å². The molecule has 3 rings (SSSR count). The van der Waals surface area contributed by atoms with Gasteiger partial charge < -0.3 is 23.4 Å². The number of hydrogen-bond acceptors (Lipinski definition) is 8. The SMILES string of the molecule is COc1cc(CCC(=O)Oc2ccc(-c3nnco3)cc2)cc(OC)c1OC. The Morgan fingerprint density at radius 3 is 2.21 bits per heavy atom. The molecule has 146 valence electrons. The van der Waals surface area contributed by atoms with Gasteiger partial charge in [-0.25, -0.2) is 0 Å². The zero-order chi connectivity index (χ0) is 19.9. The average Bonchev–Trinajstić information content (AvgIpc) is 3.26. The van der Waals surface area contributed by atoms with E-state index in [9.17, 15) is 4.79 Å². The van der Waals surface area contributed by atoms with E-state index in [1.165, 1.54) is 6.39 Å². The molecule has 1 aromatic heterocycles. The second kappa shape index (κ2) is 8.90. The number of aromatic nitrogens is 2. The van der Waals surface area contributed by atoms with Crippen LogP contribution in [-0.2, 0) is 11.2 Å². The molecule has 0 fully saturated rings. The van der Waals surface area contributed by atoms with Crippen molar-refractivity contribution in [2.24, 2.45) is 0 Å². The summed E-state index contributed by atoms with van der Waals surface area (Å²) in [4.78, 5) is 12.2. The second-order valence-electron chi connectivity index (χ2n) is 5.78. The van der Waals surface area contributed by atoms with E-state index in [2.05, 4.69) is 10.2 Å². The second-order valence-corrected chi connectivity index (χ2v) is 5.78. The van der Waals surface area contributed by atoms with Crippen molar-refractivity contribution < 1.29 is 28.2 Å². The number of benzene rings is 2. The van der Waals surface area contributed by atoms with Gasteiger partial charge in [-0.05, 0) is 48.4 Å². The highest BCUT2D eigenvalue weighted by molar-refractivity contribution is 5.73. The average molecular weight is 384 g/mol. The predicted octanol–water partition coefficient (Wildman–Crippen LogP) is 3.30. The molecule has 0 bridgehead atoms. The van der Waals surface area contributed by atoms with Crippen LogP contribution in [0.4, 0.5) is 0 Å². The summed E-state index contributed by atoms with van der Waals surface area (Å²) in [6.45, 7) is 0. The molecule has 0 N–H and O–H groups in total. The molecular weight excluding hydrogens is 364 g/mol. The smallest absolute Gasteiger partial charge is 0.311 e. The van der Waals surface area contributed by atoms with Gasteiger partial charge in [0.1, 0.15) is 5.75 Å². The molecular formula is C20H20N2O6. The van der Waals surface area contributed by atoms with E-state index in [1.807, 2.05) is 12.1 Å². The number of hydrogen-bond donors (Lipinski definition) is 0. The number of carbonyl (C=O) groups is 1. The first-order valence-corrected chi connectivity index (χ1v) is 8.50. The van der Waals surface area contributed by atoms with Crippen LogP contribution in [-0.4, -0.2) is 37.5 Å². The van der Waals surface area contributed by atoms with Gasteiger partial charge in [0.2, 0.25) is 18.0 Å². The van der Waals surface area contributed by atoms with Crippen LogP contribution in [0.3, 0.4) is 0 Å². The quantitative estimate of drug-likeness (QED) is 0.431. The molecule has 0 amide bonds. The molecule has 0 atom stereocenters. The van der Waals surface area contributed by atoms with E-state index in [1.54, 1.807) is 45.6 Å². The standard InChI is InChI=1S/C20H20N2O6/c1-24-16-10-13(11-17(25-2)19(16)26-3)4-9-18(23)28-15-7-5-14(6-8-15)20-22-21-12-27-20/h5-8,10-12H,4,9H2,1-3H3. The van der Waals surface area contributed by atoms with Crippen LogP contribution in [0.5, 0.6) is 23.0 Å². The van der Waals surface area contributed by atoms with Crippen molar-refractivity contribution in [1.82, 2.24) is 10.2 Å². The van der Waals surface area contributed by atoms with Crippen LogP contribution in [0.25, 0.3) is 11.5 Å². The Morgan fingerprint density at radius 1 is 1.00 bits per heavy atom. The highest BCUT2D eigenvalue weighted by atomic mass is 16.5. The van der Waals surface area contributed by atoms with Crippen molar-refractivity contribution in [2.45, 2.75) is 12.8 Å². The van der Waals surface area contributed by atoms with Crippen molar-refractivity contribution in [3.05, 3.63) is 48.4 Å². The largest absolute Gasteiger partial charge is 0.493 e. The summed E-state index contributed by atoms with van der Waals surface area (Å²) < 4.78 is 26.4. The predicted molar refractivity (Wildman–Crippen MR) is 99.8 cm³/mol. The summed E-state index contributed by atoms with van der Waals surface area (Å²) in [5, 5.41) is 7.46. The summed E-state index contributed by atoms with van der Waals surface area (Å²) in [6, 6.07) is 10.5. The Hall–Kier alpha value is -3.55. The molecule has 1 heterocycles. The fourth-order valence-electron chi connectivity index (χ4n) is 2.67. The van der Waals surface area contributed by atoms with Crippen molar-refractivity contribution in [3.63, 3.8) is 0 Å². The van der Waals surface area contributed by atoms with E-state index < -0.39 is 0 Å². The molecule has 8 nitrogen and oxygen atoms in total. The molecule has 28 heavy (non-hydrogen) atoms. The molecule has 8 heteroatoms. The normalized spacial score (nSPS) is 10.4. The third-order valence-corrected chi connectivity index (χ3v) is 4.04. The molecule has 0 unspecified atom stereocenters. The topological polar surface area (TPSA) is 92.9 Å². The van der Waals surface area contributed by atoms with Crippen LogP contribution in [0.15, 0.2) is 47.2 Å². The van der Waals surface area contributed by atoms with Gasteiger partial charge in [-0.2, -0.15) is 0 Å². The Labute approximate surface area is 162 Å². The Morgan fingerprint density at radius 2 is 1.68 bits per heavy atom. The zero-order valence-corrected chi connectivity index (χ0v) is 15.8. The molecule has 0 saturated heterocycles. The van der Waals surface area contributed by atoms with Gasteiger partial charge in [0, 0.05) is 12.0 Å². The molecule has 0 aliphatic carbocycles. The molecule has 0 radical (unpaired) electrons. The summed E-state index contributed by atoms with van der Waals surface area (Å²) in [5.41, 5.74) is 1.62. The van der Waals surface area contributed by atoms with E-state index >= 15 is 0 Å². The number of methoxy groups -OCH3 is 3. The van der Waals surface area contributed by atoms with Crippen LogP contribution < -0.4 is 18.9 Å². The fourth-order valence-corrected chi connectivity index (χ4v) is 2.67. The lowest BCUT2D eigenvalue weighted by Gasteiger charge is -2.14. The fraction of sp³-hybridized carbons (Fsp3) is 0.250. The van der Waals surface area contributed by atoms with Crippen molar-refractivity contribution in [3.8, 4) is 34.5 Å². The summed E-state index contributed by atoms with van der Waals surface area (Å²) in [7, 11) is 4.64. The van der Waals surface area contributed by atoms with E-state index in [-0.39, 0.29) is 12.4 Å². The third-order valence-electron chi connectivity index (χ3n) is 4.04. The number of aryl methyl sites for hydroxylation is 1.